The Morgan fingerprint density at radius 2 is 1.88 bits per heavy atom. The van der Waals surface area contributed by atoms with E-state index in [4.69, 9.17) is 4.74 Å². The Kier molecular flexibility index (Phi) is 7.06. The lowest BCUT2D eigenvalue weighted by atomic mass is 9.90. The standard InChI is InChI=1S/C14H29NO/c1-4-15-14(12(2)3)11-16-10-13-8-6-5-7-9-13/h12-15H,4-11H2,1-3H3. The van der Waals surface area contributed by atoms with E-state index < -0.39 is 0 Å². The van der Waals surface area contributed by atoms with Crippen LogP contribution < -0.4 is 5.32 Å². The van der Waals surface area contributed by atoms with Crippen molar-refractivity contribution >= 4 is 0 Å². The summed E-state index contributed by atoms with van der Waals surface area (Å²) in [4.78, 5) is 0. The largest absolute Gasteiger partial charge is 0.380 e. The van der Waals surface area contributed by atoms with E-state index in [1.807, 2.05) is 0 Å². The second-order valence-electron chi connectivity index (χ2n) is 5.45. The van der Waals surface area contributed by atoms with E-state index in [1.165, 1.54) is 32.1 Å². The first-order valence-electron chi connectivity index (χ1n) is 7.05. The van der Waals surface area contributed by atoms with Crippen LogP contribution in [0.4, 0.5) is 0 Å². The highest BCUT2D eigenvalue weighted by atomic mass is 16.5. The quantitative estimate of drug-likeness (QED) is 0.721. The first-order chi connectivity index (χ1) is 7.74. The molecule has 0 amide bonds. The second kappa shape index (κ2) is 8.08. The van der Waals surface area contributed by atoms with Crippen LogP contribution in [0.15, 0.2) is 0 Å². The van der Waals surface area contributed by atoms with Crippen LogP contribution in [0.1, 0.15) is 52.9 Å². The molecule has 0 aromatic heterocycles. The highest BCUT2D eigenvalue weighted by molar-refractivity contribution is 4.70. The summed E-state index contributed by atoms with van der Waals surface area (Å²) in [6.07, 6.45) is 7.02. The lowest BCUT2D eigenvalue weighted by Gasteiger charge is -2.25. The van der Waals surface area contributed by atoms with Gasteiger partial charge in [-0.25, -0.2) is 0 Å². The third-order valence-electron chi connectivity index (χ3n) is 3.65. The van der Waals surface area contributed by atoms with Crippen LogP contribution in [0.25, 0.3) is 0 Å². The van der Waals surface area contributed by atoms with Crippen LogP contribution in [0.5, 0.6) is 0 Å². The summed E-state index contributed by atoms with van der Waals surface area (Å²) in [5.41, 5.74) is 0. The summed E-state index contributed by atoms with van der Waals surface area (Å²) in [5, 5.41) is 3.49. The van der Waals surface area contributed by atoms with Gasteiger partial charge >= 0.3 is 0 Å². The van der Waals surface area contributed by atoms with E-state index in [0.29, 0.717) is 12.0 Å². The molecule has 0 spiro atoms. The van der Waals surface area contributed by atoms with Gasteiger partial charge in [0, 0.05) is 12.6 Å². The molecule has 0 heterocycles. The number of rotatable bonds is 7. The molecule has 1 saturated carbocycles. The molecule has 1 N–H and O–H groups in total. The molecule has 16 heavy (non-hydrogen) atoms. The van der Waals surface area contributed by atoms with E-state index in [-0.39, 0.29) is 0 Å². The third kappa shape index (κ3) is 5.31. The van der Waals surface area contributed by atoms with Gasteiger partial charge in [-0.3, -0.25) is 0 Å². The maximum absolute atomic E-state index is 5.89. The van der Waals surface area contributed by atoms with Crippen molar-refractivity contribution in [3.8, 4) is 0 Å². The van der Waals surface area contributed by atoms with Crippen molar-refractivity contribution in [2.45, 2.75) is 58.9 Å². The van der Waals surface area contributed by atoms with E-state index in [0.717, 1.165) is 25.7 Å². The lowest BCUT2D eigenvalue weighted by Crippen LogP contribution is -2.38. The molecular formula is C14H29NO. The van der Waals surface area contributed by atoms with Crippen LogP contribution in [-0.4, -0.2) is 25.8 Å². The van der Waals surface area contributed by atoms with Gasteiger partial charge in [-0.2, -0.15) is 0 Å². The molecule has 1 unspecified atom stereocenters. The van der Waals surface area contributed by atoms with E-state index in [2.05, 4.69) is 26.1 Å². The second-order valence-corrected chi connectivity index (χ2v) is 5.45. The van der Waals surface area contributed by atoms with E-state index >= 15 is 0 Å². The van der Waals surface area contributed by atoms with Crippen LogP contribution in [-0.2, 0) is 4.74 Å². The van der Waals surface area contributed by atoms with Gasteiger partial charge in [-0.05, 0) is 31.2 Å². The molecule has 0 bridgehead atoms. The Bertz CT molecular complexity index is 164. The van der Waals surface area contributed by atoms with Gasteiger partial charge in [-0.1, -0.05) is 40.0 Å². The predicted octanol–water partition coefficient (Wildman–Crippen LogP) is 3.22. The van der Waals surface area contributed by atoms with Crippen molar-refractivity contribution < 1.29 is 4.74 Å². The molecule has 1 aliphatic carbocycles. The van der Waals surface area contributed by atoms with Crippen LogP contribution in [0.2, 0.25) is 0 Å². The summed E-state index contributed by atoms with van der Waals surface area (Å²) in [6, 6.07) is 0.522. The number of hydrogen-bond acceptors (Lipinski definition) is 2. The fourth-order valence-corrected chi connectivity index (χ4v) is 2.46. The summed E-state index contributed by atoms with van der Waals surface area (Å²) >= 11 is 0. The van der Waals surface area contributed by atoms with E-state index in [1.54, 1.807) is 0 Å². The molecule has 2 nitrogen and oxygen atoms in total. The minimum Gasteiger partial charge on any atom is -0.380 e. The van der Waals surface area contributed by atoms with E-state index in [9.17, 15) is 0 Å². The van der Waals surface area contributed by atoms with Gasteiger partial charge in [0.1, 0.15) is 0 Å². The average Bonchev–Trinajstić information content (AvgIpc) is 2.29. The highest BCUT2D eigenvalue weighted by Gasteiger charge is 2.16. The SMILES string of the molecule is CCNC(COCC1CCCCC1)C(C)C. The number of ether oxygens (including phenoxy) is 1. The smallest absolute Gasteiger partial charge is 0.0622 e. The molecule has 96 valence electrons. The van der Waals surface area contributed by atoms with Gasteiger partial charge < -0.3 is 10.1 Å². The summed E-state index contributed by atoms with van der Waals surface area (Å²) < 4.78 is 5.89. The maximum Gasteiger partial charge on any atom is 0.0622 e. The minimum atomic E-state index is 0.522. The normalized spacial score (nSPS) is 20.2. The van der Waals surface area contributed by atoms with Crippen LogP contribution in [0.3, 0.4) is 0 Å². The molecule has 2 heteroatoms. The van der Waals surface area contributed by atoms with Gasteiger partial charge in [0.05, 0.1) is 6.61 Å². The van der Waals surface area contributed by atoms with Crippen LogP contribution >= 0.6 is 0 Å². The summed E-state index contributed by atoms with van der Waals surface area (Å²) in [7, 11) is 0. The molecule has 0 radical (unpaired) electrons. The van der Waals surface area contributed by atoms with Crippen molar-refractivity contribution in [3.05, 3.63) is 0 Å². The van der Waals surface area contributed by atoms with Crippen LogP contribution in [0, 0.1) is 11.8 Å². The third-order valence-corrected chi connectivity index (χ3v) is 3.65. The fourth-order valence-electron chi connectivity index (χ4n) is 2.46. The summed E-state index contributed by atoms with van der Waals surface area (Å²) in [6.45, 7) is 9.58. The van der Waals surface area contributed by atoms with Gasteiger partial charge in [0.15, 0.2) is 0 Å². The van der Waals surface area contributed by atoms with Crippen molar-refractivity contribution in [2.75, 3.05) is 19.8 Å². The van der Waals surface area contributed by atoms with Crippen molar-refractivity contribution in [1.82, 2.24) is 5.32 Å². The fraction of sp³-hybridized carbons (Fsp3) is 1.00. The lowest BCUT2D eigenvalue weighted by molar-refractivity contribution is 0.0609. The maximum atomic E-state index is 5.89. The highest BCUT2D eigenvalue weighted by Crippen LogP contribution is 2.23. The first kappa shape index (κ1) is 14.0. The molecule has 1 aliphatic rings. The zero-order chi connectivity index (χ0) is 11.8. The predicted molar refractivity (Wildman–Crippen MR) is 69.7 cm³/mol. The van der Waals surface area contributed by atoms with Gasteiger partial charge in [0.25, 0.3) is 0 Å². The summed E-state index contributed by atoms with van der Waals surface area (Å²) in [5.74, 6) is 1.49. The Balaban J connectivity index is 2.11. The molecule has 0 aromatic rings. The van der Waals surface area contributed by atoms with Crippen molar-refractivity contribution in [1.29, 1.82) is 0 Å². The zero-order valence-corrected chi connectivity index (χ0v) is 11.3. The Hall–Kier alpha value is -0.0800. The molecule has 0 aromatic carbocycles. The monoisotopic (exact) mass is 227 g/mol. The van der Waals surface area contributed by atoms with Crippen molar-refractivity contribution in [3.63, 3.8) is 0 Å². The Morgan fingerprint density at radius 1 is 1.19 bits per heavy atom. The molecule has 0 saturated heterocycles. The van der Waals surface area contributed by atoms with Gasteiger partial charge in [-0.15, -0.1) is 0 Å². The number of likely N-dealkylation sites (N-methyl/N-ethyl adjacent to an activating group) is 1. The molecule has 1 rings (SSSR count). The first-order valence-corrected chi connectivity index (χ1v) is 7.05. The zero-order valence-electron chi connectivity index (χ0n) is 11.3. The molecular weight excluding hydrogens is 198 g/mol. The number of nitrogens with one attached hydrogen (secondary N) is 1. The molecule has 1 fully saturated rings. The van der Waals surface area contributed by atoms with Gasteiger partial charge in [0.2, 0.25) is 0 Å². The topological polar surface area (TPSA) is 21.3 Å². The Morgan fingerprint density at radius 3 is 2.44 bits per heavy atom. The number of hydrogen-bond donors (Lipinski definition) is 1. The van der Waals surface area contributed by atoms with Crippen molar-refractivity contribution in [2.24, 2.45) is 11.8 Å². The average molecular weight is 227 g/mol. The molecule has 0 aliphatic heterocycles. The molecule has 1 atom stereocenters. The minimum absolute atomic E-state index is 0.522. The Labute approximate surface area is 101 Å².